The summed E-state index contributed by atoms with van der Waals surface area (Å²) in [4.78, 5) is 9.16. The number of thioether (sulfide) groups is 1. The average molecular weight is 372 g/mol. The molecule has 0 aliphatic carbocycles. The van der Waals surface area contributed by atoms with Crippen LogP contribution in [0.2, 0.25) is 0 Å². The van der Waals surface area contributed by atoms with Gasteiger partial charge in [-0.1, -0.05) is 78.5 Å². The molecule has 0 saturated carbocycles. The zero-order valence-electron chi connectivity index (χ0n) is 15.2. The van der Waals surface area contributed by atoms with Gasteiger partial charge in [0.25, 0.3) is 0 Å². The van der Waals surface area contributed by atoms with Gasteiger partial charge >= 0.3 is 0 Å². The van der Waals surface area contributed by atoms with Crippen molar-refractivity contribution in [3.63, 3.8) is 0 Å². The molecule has 0 fully saturated rings. The van der Waals surface area contributed by atoms with E-state index in [9.17, 15) is 0 Å². The minimum Gasteiger partial charge on any atom is -0.384 e. The van der Waals surface area contributed by atoms with Gasteiger partial charge in [-0.05, 0) is 34.4 Å². The number of hydrogen-bond donors (Lipinski definition) is 1. The quantitative estimate of drug-likeness (QED) is 0.377. The lowest BCUT2D eigenvalue weighted by atomic mass is 10.0. The number of hydrogen-bond acceptors (Lipinski definition) is 4. The van der Waals surface area contributed by atoms with Crippen LogP contribution in [0.3, 0.4) is 0 Å². The maximum atomic E-state index is 6.04. The normalized spacial score (nSPS) is 11.0. The summed E-state index contributed by atoms with van der Waals surface area (Å²) in [5.41, 5.74) is 10.8. The molecule has 27 heavy (non-hydrogen) atoms. The maximum Gasteiger partial charge on any atom is 0.190 e. The topological polar surface area (TPSA) is 51.8 Å². The maximum absolute atomic E-state index is 6.04. The summed E-state index contributed by atoms with van der Waals surface area (Å²) >= 11 is 1.64. The van der Waals surface area contributed by atoms with Gasteiger partial charge in [-0.25, -0.2) is 9.97 Å². The molecule has 4 heteroatoms. The fraction of sp³-hybridized carbons (Fsp3) is 0.130. The summed E-state index contributed by atoms with van der Waals surface area (Å²) in [5.74, 6) is 1.34. The minimum atomic E-state index is 0.521. The number of nitrogen functional groups attached to an aromatic ring is 1. The van der Waals surface area contributed by atoms with E-state index in [1.807, 2.05) is 24.3 Å². The molecule has 0 aliphatic rings. The number of rotatable bonds is 5. The van der Waals surface area contributed by atoms with Crippen LogP contribution in [-0.4, -0.2) is 9.97 Å². The third kappa shape index (κ3) is 4.12. The van der Waals surface area contributed by atoms with Crippen LogP contribution in [-0.2, 0) is 12.2 Å². The van der Waals surface area contributed by atoms with Crippen LogP contribution in [0.25, 0.3) is 10.8 Å². The van der Waals surface area contributed by atoms with Gasteiger partial charge in [0.05, 0.1) is 5.69 Å². The predicted molar refractivity (Wildman–Crippen MR) is 114 cm³/mol. The lowest BCUT2D eigenvalue weighted by Gasteiger charge is -2.10. The van der Waals surface area contributed by atoms with Gasteiger partial charge in [-0.2, -0.15) is 0 Å². The second-order valence-electron chi connectivity index (χ2n) is 6.60. The fourth-order valence-corrected chi connectivity index (χ4v) is 4.24. The molecule has 0 saturated heterocycles. The number of aryl methyl sites for hydroxylation is 1. The summed E-state index contributed by atoms with van der Waals surface area (Å²) < 4.78 is 0. The Bertz CT molecular complexity index is 1080. The second-order valence-corrected chi connectivity index (χ2v) is 7.54. The lowest BCUT2D eigenvalue weighted by Crippen LogP contribution is -2.01. The van der Waals surface area contributed by atoms with Gasteiger partial charge in [0, 0.05) is 18.2 Å². The minimum absolute atomic E-state index is 0.521. The highest BCUT2D eigenvalue weighted by Crippen LogP contribution is 2.29. The van der Waals surface area contributed by atoms with E-state index in [4.69, 9.17) is 10.7 Å². The van der Waals surface area contributed by atoms with E-state index in [0.29, 0.717) is 5.82 Å². The van der Waals surface area contributed by atoms with Gasteiger partial charge in [0.1, 0.15) is 5.82 Å². The fourth-order valence-electron chi connectivity index (χ4n) is 3.23. The molecule has 3 aromatic carbocycles. The van der Waals surface area contributed by atoms with Crippen LogP contribution in [0.1, 0.15) is 22.4 Å². The van der Waals surface area contributed by atoms with E-state index < -0.39 is 0 Å². The Morgan fingerprint density at radius 3 is 2.52 bits per heavy atom. The van der Waals surface area contributed by atoms with Crippen LogP contribution in [0.5, 0.6) is 0 Å². The van der Waals surface area contributed by atoms with Crippen LogP contribution in [0.4, 0.5) is 5.82 Å². The largest absolute Gasteiger partial charge is 0.384 e. The summed E-state index contributed by atoms with van der Waals surface area (Å²) in [6, 6.07) is 25.0. The van der Waals surface area contributed by atoms with Crippen LogP contribution in [0.15, 0.2) is 78.0 Å². The number of benzene rings is 3. The van der Waals surface area contributed by atoms with E-state index in [1.54, 1.807) is 11.8 Å². The molecular weight excluding hydrogens is 350 g/mol. The van der Waals surface area contributed by atoms with E-state index in [1.165, 1.54) is 27.5 Å². The van der Waals surface area contributed by atoms with Crippen LogP contribution < -0.4 is 5.73 Å². The highest BCUT2D eigenvalue weighted by molar-refractivity contribution is 7.98. The number of aromatic nitrogens is 2. The molecule has 0 atom stereocenters. The number of nitrogens with zero attached hydrogens (tertiary/aromatic N) is 2. The summed E-state index contributed by atoms with van der Waals surface area (Å²) in [7, 11) is 0. The Morgan fingerprint density at radius 1 is 0.889 bits per heavy atom. The Morgan fingerprint density at radius 2 is 1.67 bits per heavy atom. The van der Waals surface area contributed by atoms with Crippen molar-refractivity contribution >= 4 is 28.4 Å². The predicted octanol–water partition coefficient (Wildman–Crippen LogP) is 5.40. The van der Waals surface area contributed by atoms with E-state index in [-0.39, 0.29) is 0 Å². The Labute approximate surface area is 163 Å². The molecule has 134 valence electrons. The van der Waals surface area contributed by atoms with Gasteiger partial charge in [0.2, 0.25) is 0 Å². The molecular formula is C23H21N3S. The molecule has 4 aromatic rings. The van der Waals surface area contributed by atoms with Gasteiger partial charge < -0.3 is 5.73 Å². The highest BCUT2D eigenvalue weighted by Gasteiger charge is 2.09. The first-order valence-corrected chi connectivity index (χ1v) is 9.95. The molecule has 4 rings (SSSR count). The first kappa shape index (κ1) is 17.6. The molecule has 0 bridgehead atoms. The summed E-state index contributed by atoms with van der Waals surface area (Å²) in [5, 5.41) is 3.28. The first-order chi connectivity index (χ1) is 13.2. The van der Waals surface area contributed by atoms with Crippen molar-refractivity contribution in [3.05, 3.63) is 95.2 Å². The van der Waals surface area contributed by atoms with Crippen LogP contribution in [0, 0.1) is 6.92 Å². The van der Waals surface area contributed by atoms with Crippen LogP contribution >= 0.6 is 11.8 Å². The van der Waals surface area contributed by atoms with Crippen molar-refractivity contribution in [1.29, 1.82) is 0 Å². The van der Waals surface area contributed by atoms with Gasteiger partial charge in [-0.15, -0.1) is 0 Å². The van der Waals surface area contributed by atoms with E-state index in [0.717, 1.165) is 23.0 Å². The third-order valence-corrected chi connectivity index (χ3v) is 5.50. The van der Waals surface area contributed by atoms with Crippen molar-refractivity contribution in [2.75, 3.05) is 5.73 Å². The van der Waals surface area contributed by atoms with Crippen molar-refractivity contribution < 1.29 is 0 Å². The Balaban J connectivity index is 1.58. The second kappa shape index (κ2) is 7.80. The lowest BCUT2D eigenvalue weighted by molar-refractivity contribution is 0.909. The molecule has 0 aliphatic heterocycles. The zero-order valence-corrected chi connectivity index (χ0v) is 16.0. The van der Waals surface area contributed by atoms with Crippen molar-refractivity contribution in [3.8, 4) is 0 Å². The summed E-state index contributed by atoms with van der Waals surface area (Å²) in [6.07, 6.45) is 0.758. The Kier molecular flexibility index (Phi) is 5.07. The molecule has 0 amide bonds. The molecule has 1 heterocycles. The Hall–Kier alpha value is -2.85. The monoisotopic (exact) mass is 371 g/mol. The molecule has 1 aromatic heterocycles. The molecule has 3 nitrogen and oxygen atoms in total. The molecule has 0 spiro atoms. The summed E-state index contributed by atoms with van der Waals surface area (Å²) in [6.45, 7) is 2.16. The molecule has 0 radical (unpaired) electrons. The number of anilines is 1. The van der Waals surface area contributed by atoms with E-state index in [2.05, 4.69) is 60.4 Å². The van der Waals surface area contributed by atoms with Crippen molar-refractivity contribution in [2.24, 2.45) is 0 Å². The van der Waals surface area contributed by atoms with Gasteiger partial charge in [-0.3, -0.25) is 0 Å². The van der Waals surface area contributed by atoms with Gasteiger partial charge in [0.15, 0.2) is 5.16 Å². The first-order valence-electron chi connectivity index (χ1n) is 8.96. The number of nitrogens with two attached hydrogens (primary N) is 1. The third-order valence-electron chi connectivity index (χ3n) is 4.63. The van der Waals surface area contributed by atoms with Crippen molar-refractivity contribution in [1.82, 2.24) is 9.97 Å². The zero-order chi connectivity index (χ0) is 18.6. The molecule has 2 N–H and O–H groups in total. The highest BCUT2D eigenvalue weighted by atomic mass is 32.2. The SMILES string of the molecule is Cc1ccc2ccccc2c1CSc1nc(N)cc(Cc2ccccc2)n1. The number of fused-ring (bicyclic) bond motifs is 1. The standard InChI is InChI=1S/C23H21N3S/c1-16-11-12-18-9-5-6-10-20(18)21(16)15-27-23-25-19(14-22(24)26-23)13-17-7-3-2-4-8-17/h2-12,14H,13,15H2,1H3,(H2,24,25,26). The van der Waals surface area contributed by atoms with E-state index >= 15 is 0 Å². The van der Waals surface area contributed by atoms with Crippen molar-refractivity contribution in [2.45, 2.75) is 24.3 Å². The molecule has 0 unspecified atom stereocenters. The average Bonchev–Trinajstić information content (AvgIpc) is 2.67. The smallest absolute Gasteiger partial charge is 0.190 e.